The van der Waals surface area contributed by atoms with Crippen LogP contribution in [0.1, 0.15) is 30.8 Å². The van der Waals surface area contributed by atoms with Crippen LogP contribution in [0.5, 0.6) is 0 Å². The summed E-state index contributed by atoms with van der Waals surface area (Å²) in [5.41, 5.74) is -0.456. The van der Waals surface area contributed by atoms with E-state index in [4.69, 9.17) is 4.52 Å². The van der Waals surface area contributed by atoms with Crippen LogP contribution in [0.2, 0.25) is 0 Å². The van der Waals surface area contributed by atoms with E-state index in [1.54, 1.807) is 7.05 Å². The Morgan fingerprint density at radius 2 is 2.10 bits per heavy atom. The quantitative estimate of drug-likeness (QED) is 0.935. The zero-order chi connectivity index (χ0) is 14.8. The van der Waals surface area contributed by atoms with Gasteiger partial charge in [-0.2, -0.15) is 18.2 Å². The Bertz CT molecular complexity index is 576. The van der Waals surface area contributed by atoms with Crippen molar-refractivity contribution in [3.05, 3.63) is 35.7 Å². The minimum absolute atomic E-state index is 0.109. The number of alkyl halides is 3. The molecule has 0 radical (unpaired) electrons. The normalized spacial score (nSPS) is 13.4. The van der Waals surface area contributed by atoms with Crippen LogP contribution in [0.15, 0.2) is 28.8 Å². The molecule has 4 nitrogen and oxygen atoms in total. The molecule has 0 aliphatic rings. The van der Waals surface area contributed by atoms with Crippen LogP contribution in [-0.4, -0.2) is 17.2 Å². The third kappa shape index (κ3) is 2.98. The highest BCUT2D eigenvalue weighted by molar-refractivity contribution is 5.55. The summed E-state index contributed by atoms with van der Waals surface area (Å²) in [4.78, 5) is 4.14. The fourth-order valence-corrected chi connectivity index (χ4v) is 1.83. The molecule has 0 amide bonds. The van der Waals surface area contributed by atoms with Crippen LogP contribution in [0.3, 0.4) is 0 Å². The van der Waals surface area contributed by atoms with Gasteiger partial charge in [-0.15, -0.1) is 0 Å². The monoisotopic (exact) mass is 285 g/mol. The van der Waals surface area contributed by atoms with E-state index in [2.05, 4.69) is 15.5 Å². The molecular formula is C13H14F3N3O. The number of rotatable bonds is 4. The molecule has 7 heteroatoms. The highest BCUT2D eigenvalue weighted by Crippen LogP contribution is 2.31. The number of nitrogens with zero attached hydrogens (tertiary/aromatic N) is 2. The van der Waals surface area contributed by atoms with E-state index in [1.165, 1.54) is 12.1 Å². The summed E-state index contributed by atoms with van der Waals surface area (Å²) in [6.45, 7) is 1.94. The third-order valence-corrected chi connectivity index (χ3v) is 2.94. The van der Waals surface area contributed by atoms with Crippen molar-refractivity contribution < 1.29 is 17.7 Å². The molecule has 0 saturated carbocycles. The van der Waals surface area contributed by atoms with Crippen molar-refractivity contribution in [1.29, 1.82) is 0 Å². The van der Waals surface area contributed by atoms with E-state index in [-0.39, 0.29) is 17.4 Å². The third-order valence-electron chi connectivity index (χ3n) is 2.94. The summed E-state index contributed by atoms with van der Waals surface area (Å²) in [6, 6.07) is 4.75. The first kappa shape index (κ1) is 14.5. The van der Waals surface area contributed by atoms with E-state index in [1.807, 2.05) is 6.92 Å². The Morgan fingerprint density at radius 3 is 2.70 bits per heavy atom. The van der Waals surface area contributed by atoms with E-state index < -0.39 is 11.7 Å². The molecule has 0 fully saturated rings. The highest BCUT2D eigenvalue weighted by atomic mass is 19.4. The number of nitrogens with one attached hydrogen (secondary N) is 1. The number of halogens is 3. The molecule has 0 aliphatic carbocycles. The minimum atomic E-state index is -4.39. The molecule has 20 heavy (non-hydrogen) atoms. The smallest absolute Gasteiger partial charge is 0.337 e. The van der Waals surface area contributed by atoms with E-state index in [0.29, 0.717) is 5.89 Å². The van der Waals surface area contributed by atoms with Gasteiger partial charge in [-0.3, -0.25) is 0 Å². The second-order valence-electron chi connectivity index (χ2n) is 4.28. The van der Waals surface area contributed by atoms with Gasteiger partial charge in [0.1, 0.15) is 0 Å². The van der Waals surface area contributed by atoms with Gasteiger partial charge in [0.05, 0.1) is 11.6 Å². The molecule has 0 bridgehead atoms. The first-order valence-electron chi connectivity index (χ1n) is 6.14. The van der Waals surface area contributed by atoms with Crippen molar-refractivity contribution in [3.8, 4) is 11.4 Å². The molecule has 1 unspecified atom stereocenters. The van der Waals surface area contributed by atoms with Gasteiger partial charge in [0.2, 0.25) is 11.7 Å². The summed E-state index contributed by atoms with van der Waals surface area (Å²) in [7, 11) is 1.75. The lowest BCUT2D eigenvalue weighted by Gasteiger charge is -2.07. The summed E-state index contributed by atoms with van der Waals surface area (Å²) in [5.74, 6) is 0.516. The summed E-state index contributed by atoms with van der Waals surface area (Å²) in [5, 5.41) is 6.73. The fourth-order valence-electron chi connectivity index (χ4n) is 1.83. The van der Waals surface area contributed by atoms with Gasteiger partial charge in [0.25, 0.3) is 0 Å². The van der Waals surface area contributed by atoms with Crippen molar-refractivity contribution in [1.82, 2.24) is 15.5 Å². The van der Waals surface area contributed by atoms with Gasteiger partial charge in [-0.1, -0.05) is 24.2 Å². The molecule has 1 N–H and O–H groups in total. The summed E-state index contributed by atoms with van der Waals surface area (Å²) in [6.07, 6.45) is -3.65. The molecular weight excluding hydrogens is 271 g/mol. The van der Waals surface area contributed by atoms with Gasteiger partial charge in [-0.05, 0) is 25.6 Å². The zero-order valence-electron chi connectivity index (χ0n) is 11.0. The van der Waals surface area contributed by atoms with Crippen LogP contribution >= 0.6 is 0 Å². The largest absolute Gasteiger partial charge is 0.416 e. The van der Waals surface area contributed by atoms with Gasteiger partial charge >= 0.3 is 6.18 Å². The number of aromatic nitrogens is 2. The minimum Gasteiger partial charge on any atom is -0.337 e. The molecule has 0 spiro atoms. The van der Waals surface area contributed by atoms with Crippen molar-refractivity contribution >= 4 is 0 Å². The average Bonchev–Trinajstić information content (AvgIpc) is 2.89. The standard InChI is InChI=1S/C13H14F3N3O/c1-3-10(17-2)12-18-11(19-20-12)8-5-4-6-9(7-8)13(14,15)16/h4-7,10,17H,3H2,1-2H3. The Morgan fingerprint density at radius 1 is 1.35 bits per heavy atom. The number of hydrogen-bond acceptors (Lipinski definition) is 4. The van der Waals surface area contributed by atoms with Gasteiger partial charge in [0.15, 0.2) is 0 Å². The maximum absolute atomic E-state index is 12.7. The van der Waals surface area contributed by atoms with Crippen LogP contribution in [0, 0.1) is 0 Å². The molecule has 2 aromatic rings. The first-order chi connectivity index (χ1) is 9.45. The Kier molecular flexibility index (Phi) is 4.08. The van der Waals surface area contributed by atoms with Crippen LogP contribution in [0.25, 0.3) is 11.4 Å². The number of benzene rings is 1. The van der Waals surface area contributed by atoms with Gasteiger partial charge in [-0.25, -0.2) is 0 Å². The lowest BCUT2D eigenvalue weighted by atomic mass is 10.1. The summed E-state index contributed by atoms with van der Waals surface area (Å²) >= 11 is 0. The molecule has 1 aromatic carbocycles. The number of hydrogen-bond donors (Lipinski definition) is 1. The van der Waals surface area contributed by atoms with Crippen LogP contribution in [0.4, 0.5) is 13.2 Å². The van der Waals surface area contributed by atoms with Crippen molar-refractivity contribution in [2.24, 2.45) is 0 Å². The average molecular weight is 285 g/mol. The molecule has 1 heterocycles. The van der Waals surface area contributed by atoms with Crippen molar-refractivity contribution in [3.63, 3.8) is 0 Å². The predicted octanol–water partition coefficient (Wildman–Crippen LogP) is 3.43. The molecule has 0 aliphatic heterocycles. The lowest BCUT2D eigenvalue weighted by Crippen LogP contribution is -2.15. The Balaban J connectivity index is 2.33. The van der Waals surface area contributed by atoms with Crippen LogP contribution < -0.4 is 5.32 Å². The second-order valence-corrected chi connectivity index (χ2v) is 4.28. The molecule has 2 rings (SSSR count). The van der Waals surface area contributed by atoms with E-state index in [9.17, 15) is 13.2 Å². The molecule has 108 valence electrons. The second kappa shape index (κ2) is 5.62. The Hall–Kier alpha value is -1.89. The first-order valence-corrected chi connectivity index (χ1v) is 6.14. The molecule has 1 aromatic heterocycles. The maximum Gasteiger partial charge on any atom is 0.416 e. The summed E-state index contributed by atoms with van der Waals surface area (Å²) < 4.78 is 43.0. The zero-order valence-corrected chi connectivity index (χ0v) is 11.0. The topological polar surface area (TPSA) is 51.0 Å². The highest BCUT2D eigenvalue weighted by Gasteiger charge is 2.30. The van der Waals surface area contributed by atoms with E-state index >= 15 is 0 Å². The van der Waals surface area contributed by atoms with Gasteiger partial charge in [0, 0.05) is 5.56 Å². The van der Waals surface area contributed by atoms with Gasteiger partial charge < -0.3 is 9.84 Å². The predicted molar refractivity (Wildman–Crippen MR) is 66.8 cm³/mol. The molecule has 1 atom stereocenters. The van der Waals surface area contributed by atoms with Crippen molar-refractivity contribution in [2.75, 3.05) is 7.05 Å². The SMILES string of the molecule is CCC(NC)c1nc(-c2cccc(C(F)(F)F)c2)no1. The lowest BCUT2D eigenvalue weighted by molar-refractivity contribution is -0.137. The van der Waals surface area contributed by atoms with Crippen LogP contribution in [-0.2, 0) is 6.18 Å². The Labute approximate surface area is 114 Å². The fraction of sp³-hybridized carbons (Fsp3) is 0.385. The van der Waals surface area contributed by atoms with Crippen molar-refractivity contribution in [2.45, 2.75) is 25.6 Å². The maximum atomic E-state index is 12.7. The van der Waals surface area contributed by atoms with E-state index in [0.717, 1.165) is 18.6 Å². The molecule has 0 saturated heterocycles.